The van der Waals surface area contributed by atoms with Gasteiger partial charge in [0.05, 0.1) is 7.11 Å². The van der Waals surface area contributed by atoms with Crippen molar-refractivity contribution < 1.29 is 14.3 Å². The van der Waals surface area contributed by atoms with Crippen molar-refractivity contribution >= 4 is 23.4 Å². The van der Waals surface area contributed by atoms with Gasteiger partial charge in [0.15, 0.2) is 11.5 Å². The third-order valence-corrected chi connectivity index (χ3v) is 3.32. The van der Waals surface area contributed by atoms with Crippen LogP contribution in [0.4, 0.5) is 0 Å². The third kappa shape index (κ3) is 3.23. The van der Waals surface area contributed by atoms with E-state index >= 15 is 0 Å². The Labute approximate surface area is 116 Å². The molecule has 98 valence electrons. The molecular formula is C15H14O3S. The molecule has 0 bridgehead atoms. The molecule has 0 spiro atoms. The SMILES string of the molecule is CC=Cc1ccc(OC(=O)c2cccs2)c(OC)c1. The molecule has 0 aliphatic heterocycles. The highest BCUT2D eigenvalue weighted by Gasteiger charge is 2.13. The number of allylic oxidation sites excluding steroid dienone is 1. The standard InChI is InChI=1S/C15H14O3S/c1-3-5-11-7-8-12(13(10-11)17-2)18-15(16)14-6-4-9-19-14/h3-10H,1-2H3. The van der Waals surface area contributed by atoms with Gasteiger partial charge in [-0.2, -0.15) is 0 Å². The minimum Gasteiger partial charge on any atom is -0.493 e. The van der Waals surface area contributed by atoms with Crippen molar-refractivity contribution in [2.75, 3.05) is 7.11 Å². The molecule has 0 N–H and O–H groups in total. The van der Waals surface area contributed by atoms with Gasteiger partial charge in [0, 0.05) is 0 Å². The van der Waals surface area contributed by atoms with Crippen LogP contribution in [0.15, 0.2) is 41.8 Å². The lowest BCUT2D eigenvalue weighted by Gasteiger charge is -2.09. The summed E-state index contributed by atoms with van der Waals surface area (Å²) in [5, 5.41) is 1.84. The third-order valence-electron chi connectivity index (χ3n) is 2.47. The smallest absolute Gasteiger partial charge is 0.353 e. The van der Waals surface area contributed by atoms with E-state index in [0.29, 0.717) is 16.4 Å². The summed E-state index contributed by atoms with van der Waals surface area (Å²) in [7, 11) is 1.55. The van der Waals surface area contributed by atoms with Gasteiger partial charge in [0.2, 0.25) is 0 Å². The number of esters is 1. The molecule has 0 saturated heterocycles. The fourth-order valence-corrected chi connectivity index (χ4v) is 2.21. The molecule has 0 radical (unpaired) electrons. The lowest BCUT2D eigenvalue weighted by atomic mass is 10.2. The number of methoxy groups -OCH3 is 1. The predicted octanol–water partition coefficient (Wildman–Crippen LogP) is 4.01. The van der Waals surface area contributed by atoms with Crippen LogP contribution in [0.3, 0.4) is 0 Å². The van der Waals surface area contributed by atoms with Gasteiger partial charge >= 0.3 is 5.97 Å². The van der Waals surface area contributed by atoms with Crippen molar-refractivity contribution in [3.63, 3.8) is 0 Å². The fourth-order valence-electron chi connectivity index (χ4n) is 1.61. The molecule has 0 unspecified atom stereocenters. The fraction of sp³-hybridized carbons (Fsp3) is 0.133. The molecule has 0 saturated carbocycles. The molecule has 0 atom stereocenters. The van der Waals surface area contributed by atoms with E-state index in [4.69, 9.17) is 9.47 Å². The Hall–Kier alpha value is -2.07. The van der Waals surface area contributed by atoms with Crippen molar-refractivity contribution in [2.45, 2.75) is 6.92 Å². The number of rotatable bonds is 4. The second-order valence-corrected chi connectivity index (χ2v) is 4.72. The van der Waals surface area contributed by atoms with E-state index in [-0.39, 0.29) is 5.97 Å². The van der Waals surface area contributed by atoms with Gasteiger partial charge in [-0.25, -0.2) is 4.79 Å². The summed E-state index contributed by atoms with van der Waals surface area (Å²) in [6.45, 7) is 1.94. The van der Waals surface area contributed by atoms with Gasteiger partial charge in [0.1, 0.15) is 4.88 Å². The van der Waals surface area contributed by atoms with Crippen LogP contribution in [-0.4, -0.2) is 13.1 Å². The van der Waals surface area contributed by atoms with Crippen LogP contribution in [0.25, 0.3) is 6.08 Å². The number of hydrogen-bond donors (Lipinski definition) is 0. The van der Waals surface area contributed by atoms with Crippen molar-refractivity contribution in [3.8, 4) is 11.5 Å². The topological polar surface area (TPSA) is 35.5 Å². The molecule has 0 fully saturated rings. The summed E-state index contributed by atoms with van der Waals surface area (Å²) in [5.74, 6) is 0.599. The summed E-state index contributed by atoms with van der Waals surface area (Å²) in [5.41, 5.74) is 0.996. The average Bonchev–Trinajstić information content (AvgIpc) is 2.94. The molecule has 2 aromatic rings. The van der Waals surface area contributed by atoms with Crippen LogP contribution in [0.1, 0.15) is 22.2 Å². The minimum atomic E-state index is -0.368. The largest absolute Gasteiger partial charge is 0.493 e. The lowest BCUT2D eigenvalue weighted by Crippen LogP contribution is -2.07. The zero-order valence-corrected chi connectivity index (χ0v) is 11.6. The Morgan fingerprint density at radius 3 is 2.74 bits per heavy atom. The Kier molecular flexibility index (Phi) is 4.36. The molecule has 3 nitrogen and oxygen atoms in total. The highest BCUT2D eigenvalue weighted by Crippen LogP contribution is 2.29. The maximum absolute atomic E-state index is 11.9. The van der Waals surface area contributed by atoms with Crippen LogP contribution >= 0.6 is 11.3 Å². The Morgan fingerprint density at radius 2 is 2.11 bits per heavy atom. The number of carbonyl (C=O) groups is 1. The number of thiophene rings is 1. The maximum Gasteiger partial charge on any atom is 0.353 e. The number of benzene rings is 1. The zero-order valence-electron chi connectivity index (χ0n) is 10.8. The summed E-state index contributed by atoms with van der Waals surface area (Å²) in [4.78, 5) is 12.4. The summed E-state index contributed by atoms with van der Waals surface area (Å²) >= 11 is 1.35. The van der Waals surface area contributed by atoms with E-state index in [2.05, 4.69) is 0 Å². The molecule has 1 aromatic carbocycles. The van der Waals surface area contributed by atoms with Crippen LogP contribution in [0, 0.1) is 0 Å². The van der Waals surface area contributed by atoms with Gasteiger partial charge in [-0.05, 0) is 36.1 Å². The van der Waals surface area contributed by atoms with Crippen molar-refractivity contribution in [3.05, 3.63) is 52.2 Å². The van der Waals surface area contributed by atoms with Gasteiger partial charge < -0.3 is 9.47 Å². The van der Waals surface area contributed by atoms with E-state index < -0.39 is 0 Å². The molecule has 1 heterocycles. The molecular weight excluding hydrogens is 260 g/mol. The van der Waals surface area contributed by atoms with E-state index in [1.54, 1.807) is 19.2 Å². The predicted molar refractivity (Wildman–Crippen MR) is 77.0 cm³/mol. The zero-order chi connectivity index (χ0) is 13.7. The molecule has 0 aliphatic carbocycles. The van der Waals surface area contributed by atoms with Gasteiger partial charge in [-0.3, -0.25) is 0 Å². The Morgan fingerprint density at radius 1 is 1.26 bits per heavy atom. The first kappa shape index (κ1) is 13.4. The molecule has 1 aromatic heterocycles. The van der Waals surface area contributed by atoms with E-state index in [9.17, 15) is 4.79 Å². The first-order chi connectivity index (χ1) is 9.24. The van der Waals surface area contributed by atoms with E-state index in [1.807, 2.05) is 42.7 Å². The summed E-state index contributed by atoms with van der Waals surface area (Å²) < 4.78 is 10.6. The number of carbonyl (C=O) groups excluding carboxylic acids is 1. The minimum absolute atomic E-state index is 0.368. The normalized spacial score (nSPS) is 10.6. The van der Waals surface area contributed by atoms with Gasteiger partial charge in [-0.1, -0.05) is 24.3 Å². The molecule has 0 amide bonds. The highest BCUT2D eigenvalue weighted by molar-refractivity contribution is 7.12. The van der Waals surface area contributed by atoms with E-state index in [1.165, 1.54) is 11.3 Å². The van der Waals surface area contributed by atoms with Crippen LogP contribution in [0.5, 0.6) is 11.5 Å². The second-order valence-electron chi connectivity index (χ2n) is 3.78. The first-order valence-electron chi connectivity index (χ1n) is 5.81. The van der Waals surface area contributed by atoms with Crippen LogP contribution in [0.2, 0.25) is 0 Å². The molecule has 0 aliphatic rings. The van der Waals surface area contributed by atoms with E-state index in [0.717, 1.165) is 5.56 Å². The van der Waals surface area contributed by atoms with Crippen LogP contribution in [-0.2, 0) is 0 Å². The highest BCUT2D eigenvalue weighted by atomic mass is 32.1. The first-order valence-corrected chi connectivity index (χ1v) is 6.69. The lowest BCUT2D eigenvalue weighted by molar-refractivity contribution is 0.0735. The second kappa shape index (κ2) is 6.20. The van der Waals surface area contributed by atoms with Crippen molar-refractivity contribution in [1.82, 2.24) is 0 Å². The average molecular weight is 274 g/mol. The monoisotopic (exact) mass is 274 g/mol. The summed E-state index contributed by atoms with van der Waals surface area (Å²) in [6.07, 6.45) is 3.89. The molecule has 19 heavy (non-hydrogen) atoms. The van der Waals surface area contributed by atoms with Crippen molar-refractivity contribution in [1.29, 1.82) is 0 Å². The maximum atomic E-state index is 11.9. The quantitative estimate of drug-likeness (QED) is 0.624. The molecule has 4 heteroatoms. The Balaban J connectivity index is 2.22. The van der Waals surface area contributed by atoms with Crippen LogP contribution < -0.4 is 9.47 Å². The number of ether oxygens (including phenoxy) is 2. The number of hydrogen-bond acceptors (Lipinski definition) is 4. The van der Waals surface area contributed by atoms with Gasteiger partial charge in [-0.15, -0.1) is 11.3 Å². The van der Waals surface area contributed by atoms with Crippen molar-refractivity contribution in [2.24, 2.45) is 0 Å². The molecule has 2 rings (SSSR count). The van der Waals surface area contributed by atoms with Gasteiger partial charge in [0.25, 0.3) is 0 Å². The summed E-state index contributed by atoms with van der Waals surface area (Å²) in [6, 6.07) is 8.98. The Bertz CT molecular complexity index is 585.